The van der Waals surface area contributed by atoms with Crippen molar-refractivity contribution >= 4 is 32.0 Å². The molecule has 7 nitrogen and oxygen atoms in total. The normalized spacial score (nSPS) is 7.19. The smallest absolute Gasteiger partial charge is 1.00 e. The van der Waals surface area contributed by atoms with Crippen LogP contribution in [0, 0.1) is 0 Å². The van der Waals surface area contributed by atoms with E-state index in [1.807, 2.05) is 6.79 Å². The Balaban J connectivity index is -0.000000199. The van der Waals surface area contributed by atoms with Gasteiger partial charge in [0.15, 0.2) is 0 Å². The molecule has 0 spiro atoms. The van der Waals surface area contributed by atoms with Crippen molar-refractivity contribution in [3.63, 3.8) is 0 Å². The molecule has 0 aliphatic rings. The topological polar surface area (TPSA) is 96.0 Å². The summed E-state index contributed by atoms with van der Waals surface area (Å²) in [7, 11) is -1.59. The zero-order chi connectivity index (χ0) is 12.4. The van der Waals surface area contributed by atoms with Crippen LogP contribution >= 0.6 is 0 Å². The molecule has 0 fully saturated rings. The maximum atomic E-state index is 10.4. The van der Waals surface area contributed by atoms with Gasteiger partial charge in [0.2, 0.25) is 0 Å². The van der Waals surface area contributed by atoms with Gasteiger partial charge in [-0.3, -0.25) is 14.4 Å². The predicted molar refractivity (Wildman–Crippen MR) is 49.3 cm³/mol. The third-order valence-electron chi connectivity index (χ3n) is 0.787. The first-order valence-corrected chi connectivity index (χ1v) is 3.72. The van der Waals surface area contributed by atoms with Crippen LogP contribution in [0.4, 0.5) is 0 Å². The van der Waals surface area contributed by atoms with Gasteiger partial charge in [0.1, 0.15) is 6.79 Å². The number of rotatable bonds is 3. The minimum absolute atomic E-state index is 0. The molecule has 86 valence electrons. The molecule has 0 saturated heterocycles. The van der Waals surface area contributed by atoms with Crippen molar-refractivity contribution in [3.05, 3.63) is 0 Å². The van der Waals surface area contributed by atoms with Crippen LogP contribution in [-0.4, -0.2) is 32.0 Å². The van der Waals surface area contributed by atoms with E-state index in [4.69, 9.17) is 4.79 Å². The van der Waals surface area contributed by atoms with Gasteiger partial charge < -0.3 is 20.2 Å². The van der Waals surface area contributed by atoms with Crippen LogP contribution in [0.1, 0.15) is 22.2 Å². The molecular weight excluding hydrogens is 230 g/mol. The van der Waals surface area contributed by atoms with Crippen LogP contribution in [0.5, 0.6) is 0 Å². The van der Waals surface area contributed by atoms with Crippen LogP contribution in [0.15, 0.2) is 0 Å². The van der Waals surface area contributed by atoms with Gasteiger partial charge in [-0.15, -0.1) is 0 Å². The zero-order valence-corrected chi connectivity index (χ0v) is 11.6. The molecule has 0 bridgehead atoms. The minimum Gasteiger partial charge on any atom is -1.00 e. The number of hydrogen-bond donors (Lipinski definition) is 0. The van der Waals surface area contributed by atoms with Crippen LogP contribution < -0.4 is 29.6 Å². The van der Waals surface area contributed by atoms with Gasteiger partial charge in [-0.1, -0.05) is 0 Å². The van der Waals surface area contributed by atoms with Crippen LogP contribution in [-0.2, 0) is 33.1 Å². The maximum absolute atomic E-state index is 10.4. The Morgan fingerprint density at radius 1 is 0.875 bits per heavy atom. The van der Waals surface area contributed by atoms with Crippen molar-refractivity contribution < 1.29 is 64.1 Å². The summed E-state index contributed by atoms with van der Waals surface area (Å²) in [6, 6.07) is 0. The Morgan fingerprint density at radius 3 is 1.19 bits per heavy atom. The summed E-state index contributed by atoms with van der Waals surface area (Å²) >= 11 is 0. The van der Waals surface area contributed by atoms with E-state index in [0.717, 1.165) is 20.8 Å². The number of carbonyl (C=O) groups is 4. The van der Waals surface area contributed by atoms with Crippen molar-refractivity contribution in [3.8, 4) is 0 Å². The minimum atomic E-state index is -1.59. The van der Waals surface area contributed by atoms with Crippen molar-refractivity contribution in [1.82, 2.24) is 0 Å². The molecule has 0 saturated carbocycles. The van der Waals surface area contributed by atoms with E-state index in [-0.39, 0.29) is 31.0 Å². The summed E-state index contributed by atoms with van der Waals surface area (Å²) in [4.78, 5) is 39.2. The Bertz CT molecular complexity index is 212. The molecule has 0 aliphatic heterocycles. The van der Waals surface area contributed by atoms with Gasteiger partial charge in [-0.05, 0) is 0 Å². The molecular formula is C7H12BNaO7. The quantitative estimate of drug-likeness (QED) is 0.475. The standard InChI is InChI=1S/C6H9BO6.CH2O.Na.H/c1-4(8)11-7(12-5(2)9)13-6(3)10;1-2;;/h1-3H3;1H2;;/q;;+1;-1. The van der Waals surface area contributed by atoms with Gasteiger partial charge in [-0.25, -0.2) is 0 Å². The number of hydrogen-bond acceptors (Lipinski definition) is 7. The second-order valence-electron chi connectivity index (χ2n) is 2.12. The van der Waals surface area contributed by atoms with Crippen LogP contribution in [0.3, 0.4) is 0 Å². The fourth-order valence-electron chi connectivity index (χ4n) is 0.479. The van der Waals surface area contributed by atoms with Crippen molar-refractivity contribution in [2.24, 2.45) is 0 Å². The summed E-state index contributed by atoms with van der Waals surface area (Å²) in [5.74, 6) is -2.15. The third kappa shape index (κ3) is 15.6. The Hall–Kier alpha value is -0.855. The second-order valence-corrected chi connectivity index (χ2v) is 2.12. The first kappa shape index (κ1) is 20.5. The van der Waals surface area contributed by atoms with E-state index in [1.54, 1.807) is 0 Å². The van der Waals surface area contributed by atoms with E-state index < -0.39 is 25.2 Å². The SMILES string of the molecule is C=O.CC(=O)OB(OC(C)=O)OC(C)=O.[H-].[Na+]. The molecule has 0 N–H and O–H groups in total. The molecule has 16 heavy (non-hydrogen) atoms. The molecule has 0 amide bonds. The van der Waals surface area contributed by atoms with Crippen LogP contribution in [0.2, 0.25) is 0 Å². The zero-order valence-electron chi connectivity index (χ0n) is 10.6. The van der Waals surface area contributed by atoms with Crippen molar-refractivity contribution in [2.45, 2.75) is 20.8 Å². The van der Waals surface area contributed by atoms with E-state index >= 15 is 0 Å². The van der Waals surface area contributed by atoms with E-state index in [2.05, 4.69) is 14.0 Å². The molecule has 9 heteroatoms. The van der Waals surface area contributed by atoms with Crippen LogP contribution in [0.25, 0.3) is 0 Å². The number of carbonyl (C=O) groups excluding carboxylic acids is 4. The Labute approximate surface area is 117 Å². The van der Waals surface area contributed by atoms with E-state index in [9.17, 15) is 14.4 Å². The molecule has 0 heterocycles. The van der Waals surface area contributed by atoms with Gasteiger partial charge in [0.05, 0.1) is 0 Å². The molecule has 0 aromatic rings. The Kier molecular flexibility index (Phi) is 15.7. The molecule has 0 atom stereocenters. The average Bonchev–Trinajstić information content (AvgIpc) is 2.03. The summed E-state index contributed by atoms with van der Waals surface area (Å²) in [6.07, 6.45) is 0. The van der Waals surface area contributed by atoms with Gasteiger partial charge in [0.25, 0.3) is 17.9 Å². The molecule has 0 unspecified atom stereocenters. The Morgan fingerprint density at radius 2 is 1.06 bits per heavy atom. The largest absolute Gasteiger partial charge is 1.00 e. The molecule has 0 aromatic carbocycles. The summed E-state index contributed by atoms with van der Waals surface area (Å²) in [5.41, 5.74) is 0. The first-order chi connectivity index (χ1) is 6.91. The molecule has 0 rings (SSSR count). The molecule has 0 aromatic heterocycles. The first-order valence-electron chi connectivity index (χ1n) is 3.72. The summed E-state index contributed by atoms with van der Waals surface area (Å²) in [6.45, 7) is 5.29. The fraction of sp³-hybridized carbons (Fsp3) is 0.429. The van der Waals surface area contributed by atoms with E-state index in [1.165, 1.54) is 0 Å². The van der Waals surface area contributed by atoms with Crippen molar-refractivity contribution in [2.75, 3.05) is 0 Å². The maximum Gasteiger partial charge on any atom is 1.00 e. The predicted octanol–water partition coefficient (Wildman–Crippen LogP) is -3.41. The van der Waals surface area contributed by atoms with Gasteiger partial charge in [-0.2, -0.15) is 0 Å². The van der Waals surface area contributed by atoms with E-state index in [0.29, 0.717) is 0 Å². The summed E-state index contributed by atoms with van der Waals surface area (Å²) < 4.78 is 13.0. The van der Waals surface area contributed by atoms with Gasteiger partial charge >= 0.3 is 36.9 Å². The monoisotopic (exact) mass is 242 g/mol. The van der Waals surface area contributed by atoms with Crippen molar-refractivity contribution in [1.29, 1.82) is 0 Å². The molecule has 0 aliphatic carbocycles. The molecule has 0 radical (unpaired) electrons. The second kappa shape index (κ2) is 12.2. The summed E-state index contributed by atoms with van der Waals surface area (Å²) in [5, 5.41) is 0. The van der Waals surface area contributed by atoms with Gasteiger partial charge in [0, 0.05) is 20.8 Å². The third-order valence-corrected chi connectivity index (χ3v) is 0.787. The average molecular weight is 242 g/mol. The fourth-order valence-corrected chi connectivity index (χ4v) is 0.479.